The lowest BCUT2D eigenvalue weighted by atomic mass is 9.82. The van der Waals surface area contributed by atoms with Crippen molar-refractivity contribution in [1.82, 2.24) is 0 Å². The van der Waals surface area contributed by atoms with Gasteiger partial charge < -0.3 is 19.9 Å². The van der Waals surface area contributed by atoms with Gasteiger partial charge in [-0.25, -0.2) is 0 Å². The average molecular weight is 365 g/mol. The van der Waals surface area contributed by atoms with Crippen molar-refractivity contribution < 1.29 is 24.2 Å². The molecule has 6 nitrogen and oxygen atoms in total. The van der Waals surface area contributed by atoms with Crippen LogP contribution in [-0.4, -0.2) is 36.3 Å². The zero-order valence-electron chi connectivity index (χ0n) is 14.7. The Labute approximate surface area is 156 Å². The van der Waals surface area contributed by atoms with E-state index in [2.05, 4.69) is 5.32 Å². The van der Waals surface area contributed by atoms with Crippen molar-refractivity contribution in [1.29, 1.82) is 0 Å². The minimum atomic E-state index is -1.03. The van der Waals surface area contributed by atoms with Crippen LogP contribution in [0, 0.1) is 11.8 Å². The fourth-order valence-electron chi connectivity index (χ4n) is 3.75. The van der Waals surface area contributed by atoms with Crippen molar-refractivity contribution in [2.45, 2.75) is 12.2 Å². The lowest BCUT2D eigenvalue weighted by Crippen LogP contribution is -2.39. The molecule has 4 rings (SSSR count). The minimum absolute atomic E-state index is 0.386. The molecule has 2 heterocycles. The van der Waals surface area contributed by atoms with Gasteiger partial charge in [0.25, 0.3) is 0 Å². The van der Waals surface area contributed by atoms with E-state index in [0.717, 1.165) is 11.1 Å². The molecule has 6 heteroatoms. The SMILES string of the molecule is COc1ccc(-c2ccccc2)cc1NC(=O)[C@H]1[C@@H](C(=O)O)[C@@H]2C=C[C@@H]1O2. The second kappa shape index (κ2) is 6.89. The van der Waals surface area contributed by atoms with Crippen LogP contribution in [0.5, 0.6) is 5.75 Å². The molecule has 2 bridgehead atoms. The van der Waals surface area contributed by atoms with Gasteiger partial charge in [0, 0.05) is 0 Å². The number of carboxylic acid groups (broad SMARTS) is 1. The number of ether oxygens (including phenoxy) is 2. The number of anilines is 1. The van der Waals surface area contributed by atoms with Gasteiger partial charge in [-0.2, -0.15) is 0 Å². The van der Waals surface area contributed by atoms with E-state index in [-0.39, 0.29) is 5.91 Å². The molecule has 0 aliphatic carbocycles. The van der Waals surface area contributed by atoms with Crippen LogP contribution in [0.2, 0.25) is 0 Å². The topological polar surface area (TPSA) is 84.9 Å². The molecular formula is C21H19NO5. The number of benzene rings is 2. The Hall–Kier alpha value is -3.12. The summed E-state index contributed by atoms with van der Waals surface area (Å²) in [5.74, 6) is -2.57. The quantitative estimate of drug-likeness (QED) is 0.796. The van der Waals surface area contributed by atoms with E-state index in [1.54, 1.807) is 18.2 Å². The summed E-state index contributed by atoms with van der Waals surface area (Å²) in [6, 6.07) is 15.3. The second-order valence-electron chi connectivity index (χ2n) is 6.61. The maximum atomic E-state index is 12.9. The lowest BCUT2D eigenvalue weighted by Gasteiger charge is -2.22. The molecule has 1 saturated heterocycles. The summed E-state index contributed by atoms with van der Waals surface area (Å²) in [5.41, 5.74) is 2.43. The monoisotopic (exact) mass is 365 g/mol. The van der Waals surface area contributed by atoms with Crippen molar-refractivity contribution in [3.8, 4) is 16.9 Å². The summed E-state index contributed by atoms with van der Waals surface area (Å²) >= 11 is 0. The van der Waals surface area contributed by atoms with Crippen LogP contribution in [0.3, 0.4) is 0 Å². The Kier molecular flexibility index (Phi) is 4.41. The van der Waals surface area contributed by atoms with Gasteiger partial charge in [0.05, 0.1) is 30.9 Å². The van der Waals surface area contributed by atoms with Crippen LogP contribution in [0.15, 0.2) is 60.7 Å². The van der Waals surface area contributed by atoms with E-state index in [4.69, 9.17) is 9.47 Å². The first-order chi connectivity index (χ1) is 13.1. The van der Waals surface area contributed by atoms with Crippen LogP contribution < -0.4 is 10.1 Å². The molecule has 0 saturated carbocycles. The van der Waals surface area contributed by atoms with Crippen molar-refractivity contribution >= 4 is 17.6 Å². The molecule has 1 amide bonds. The highest BCUT2D eigenvalue weighted by Gasteiger charge is 2.53. The summed E-state index contributed by atoms with van der Waals surface area (Å²) in [6.45, 7) is 0. The number of hydrogen-bond donors (Lipinski definition) is 2. The predicted octanol–water partition coefficient (Wildman–Crippen LogP) is 2.95. The van der Waals surface area contributed by atoms with Gasteiger partial charge in [-0.1, -0.05) is 48.6 Å². The smallest absolute Gasteiger partial charge is 0.310 e. The number of hydrogen-bond acceptors (Lipinski definition) is 4. The molecule has 0 spiro atoms. The van der Waals surface area contributed by atoms with Gasteiger partial charge in [0.2, 0.25) is 5.91 Å². The van der Waals surface area contributed by atoms with E-state index in [1.165, 1.54) is 7.11 Å². The summed E-state index contributed by atoms with van der Waals surface area (Å²) in [4.78, 5) is 24.5. The number of methoxy groups -OCH3 is 1. The number of nitrogens with one attached hydrogen (secondary N) is 1. The van der Waals surface area contributed by atoms with E-state index in [0.29, 0.717) is 11.4 Å². The van der Waals surface area contributed by atoms with Crippen LogP contribution in [0.1, 0.15) is 0 Å². The third-order valence-corrected chi connectivity index (χ3v) is 5.05. The Morgan fingerprint density at radius 2 is 1.70 bits per heavy atom. The van der Waals surface area contributed by atoms with E-state index in [9.17, 15) is 14.7 Å². The largest absolute Gasteiger partial charge is 0.495 e. The zero-order chi connectivity index (χ0) is 19.0. The molecule has 2 aliphatic rings. The molecule has 0 unspecified atom stereocenters. The number of aliphatic carboxylic acids is 1. The van der Waals surface area contributed by atoms with Gasteiger partial charge in [0.1, 0.15) is 11.7 Å². The van der Waals surface area contributed by atoms with Crippen molar-refractivity contribution in [2.75, 3.05) is 12.4 Å². The molecule has 2 aromatic carbocycles. The van der Waals surface area contributed by atoms with Crippen molar-refractivity contribution in [3.63, 3.8) is 0 Å². The minimum Gasteiger partial charge on any atom is -0.495 e. The highest BCUT2D eigenvalue weighted by atomic mass is 16.5. The highest BCUT2D eigenvalue weighted by Crippen LogP contribution is 2.40. The molecule has 4 atom stereocenters. The number of amides is 1. The third kappa shape index (κ3) is 3.08. The highest BCUT2D eigenvalue weighted by molar-refractivity contribution is 5.98. The Balaban J connectivity index is 1.63. The molecule has 1 fully saturated rings. The molecule has 2 aliphatic heterocycles. The van der Waals surface area contributed by atoms with Gasteiger partial charge >= 0.3 is 5.97 Å². The maximum absolute atomic E-state index is 12.9. The summed E-state index contributed by atoms with van der Waals surface area (Å²) in [6.07, 6.45) is 2.40. The first kappa shape index (κ1) is 17.3. The number of fused-ring (bicyclic) bond motifs is 2. The predicted molar refractivity (Wildman–Crippen MR) is 99.5 cm³/mol. The fourth-order valence-corrected chi connectivity index (χ4v) is 3.75. The van der Waals surface area contributed by atoms with Crippen LogP contribution >= 0.6 is 0 Å². The number of carbonyl (C=O) groups is 2. The lowest BCUT2D eigenvalue weighted by molar-refractivity contribution is -0.145. The van der Waals surface area contributed by atoms with E-state index < -0.39 is 30.0 Å². The number of carbonyl (C=O) groups excluding carboxylic acids is 1. The first-order valence-corrected chi connectivity index (χ1v) is 8.69. The average Bonchev–Trinajstić information content (AvgIpc) is 3.30. The summed E-state index contributed by atoms with van der Waals surface area (Å²) in [5, 5.41) is 12.3. The molecule has 27 heavy (non-hydrogen) atoms. The summed E-state index contributed by atoms with van der Waals surface area (Å²) in [7, 11) is 1.52. The third-order valence-electron chi connectivity index (χ3n) is 5.05. The zero-order valence-corrected chi connectivity index (χ0v) is 14.7. The van der Waals surface area contributed by atoms with Crippen LogP contribution in [0.25, 0.3) is 11.1 Å². The molecule has 0 radical (unpaired) electrons. The maximum Gasteiger partial charge on any atom is 0.310 e. The Morgan fingerprint density at radius 3 is 2.37 bits per heavy atom. The van der Waals surface area contributed by atoms with Crippen molar-refractivity contribution in [3.05, 3.63) is 60.7 Å². The van der Waals surface area contributed by atoms with E-state index in [1.807, 2.05) is 42.5 Å². The number of carboxylic acids is 1. The van der Waals surface area contributed by atoms with Crippen molar-refractivity contribution in [2.24, 2.45) is 11.8 Å². The Bertz CT molecular complexity index is 908. The molecule has 138 valence electrons. The fraction of sp³-hybridized carbons (Fsp3) is 0.238. The van der Waals surface area contributed by atoms with Gasteiger partial charge in [0.15, 0.2) is 0 Å². The molecule has 2 aromatic rings. The number of rotatable bonds is 5. The molecular weight excluding hydrogens is 346 g/mol. The van der Waals surface area contributed by atoms with Gasteiger partial charge in [-0.15, -0.1) is 0 Å². The second-order valence-corrected chi connectivity index (χ2v) is 6.61. The summed E-state index contributed by atoms with van der Waals surface area (Å²) < 4.78 is 10.9. The standard InChI is InChI=1S/C21H19NO5/c1-26-15-8-7-13(12-5-3-2-4-6-12)11-14(15)22-20(23)18-16-9-10-17(27-16)19(18)21(24)25/h2-11,16-19H,1H3,(H,22,23)(H,24,25)/t16-,17-,18+,19-/m0/s1. The normalized spacial score (nSPS) is 25.4. The van der Waals surface area contributed by atoms with E-state index >= 15 is 0 Å². The van der Waals surface area contributed by atoms with Gasteiger partial charge in [-0.05, 0) is 23.3 Å². The van der Waals surface area contributed by atoms with Crippen LogP contribution in [-0.2, 0) is 14.3 Å². The molecule has 2 N–H and O–H groups in total. The van der Waals surface area contributed by atoms with Gasteiger partial charge in [-0.3, -0.25) is 9.59 Å². The first-order valence-electron chi connectivity index (χ1n) is 8.69. The van der Waals surface area contributed by atoms with Crippen LogP contribution in [0.4, 0.5) is 5.69 Å². The Morgan fingerprint density at radius 1 is 1.00 bits per heavy atom. The molecule has 0 aromatic heterocycles.